The molecule has 0 N–H and O–H groups in total. The van der Waals surface area contributed by atoms with Gasteiger partial charge in [0.1, 0.15) is 0 Å². The molecule has 0 aliphatic heterocycles. The van der Waals surface area contributed by atoms with E-state index < -0.39 is 11.9 Å². The van der Waals surface area contributed by atoms with Crippen molar-refractivity contribution in [1.29, 1.82) is 0 Å². The number of carbonyl (C=O) groups is 2. The van der Waals surface area contributed by atoms with Crippen LogP contribution in [-0.4, -0.2) is 85.3 Å². The van der Waals surface area contributed by atoms with Crippen molar-refractivity contribution >= 4 is 96.3 Å². The molecule has 0 rings (SSSR count). The summed E-state index contributed by atoms with van der Waals surface area (Å²) < 4.78 is 8.57. The summed E-state index contributed by atoms with van der Waals surface area (Å²) in [6.07, 6.45) is 0. The van der Waals surface area contributed by atoms with Crippen LogP contribution < -0.4 is 0 Å². The topological polar surface area (TPSA) is 52.6 Å². The molecule has 0 aliphatic rings. The first-order valence-corrected chi connectivity index (χ1v) is 3.72. The molecule has 0 heterocycles. The van der Waals surface area contributed by atoms with E-state index in [1.54, 1.807) is 0 Å². The van der Waals surface area contributed by atoms with E-state index in [1.807, 2.05) is 0 Å². The summed E-state index contributed by atoms with van der Waals surface area (Å²) in [5.41, 5.74) is -0.313. The number of rotatable bonds is 2. The molecule has 0 spiro atoms. The van der Waals surface area contributed by atoms with Gasteiger partial charge >= 0.3 is 71.1 Å². The number of hydrogen-bond acceptors (Lipinski definition) is 6. The van der Waals surface area contributed by atoms with Gasteiger partial charge in [0.25, 0.3) is 0 Å². The Balaban J connectivity index is -0.000000605. The van der Waals surface area contributed by atoms with Crippen molar-refractivity contribution in [3.05, 3.63) is 9.81 Å². The second-order valence-electron chi connectivity index (χ2n) is 1.68. The molecule has 8 heteroatoms. The van der Waals surface area contributed by atoms with Crippen LogP contribution in [0.15, 0.2) is 9.81 Å². The van der Waals surface area contributed by atoms with Gasteiger partial charge in [0.2, 0.25) is 0 Å². The molecule has 14 heavy (non-hydrogen) atoms. The average Bonchev–Trinajstić information content (AvgIpc) is 2.03. The van der Waals surface area contributed by atoms with Gasteiger partial charge in [-0.25, -0.2) is 9.59 Å². The molecule has 0 atom stereocenters. The summed E-state index contributed by atoms with van der Waals surface area (Å²) in [6, 6.07) is 0. The van der Waals surface area contributed by atoms with Gasteiger partial charge in [-0.1, -0.05) is 0 Å². The summed E-state index contributed by atoms with van der Waals surface area (Å²) >= 11 is 7.44. The van der Waals surface area contributed by atoms with Gasteiger partial charge in [-0.3, -0.25) is 0 Å². The van der Waals surface area contributed by atoms with Crippen molar-refractivity contribution in [2.45, 2.75) is 0 Å². The molecule has 0 aromatic rings. The molecule has 0 bridgehead atoms. The molecule has 0 aromatic carbocycles. The molecular weight excluding hydrogens is 246 g/mol. The second-order valence-corrected chi connectivity index (χ2v) is 2.93. The molecule has 0 radical (unpaired) electrons. The molecule has 72 valence electrons. The maximum absolute atomic E-state index is 10.9. The van der Waals surface area contributed by atoms with Gasteiger partial charge in [-0.05, 0) is 0 Å². The fourth-order valence-corrected chi connectivity index (χ4v) is 0.835. The van der Waals surface area contributed by atoms with E-state index in [1.165, 1.54) is 0 Å². The number of ether oxygens (including phenoxy) is 2. The maximum atomic E-state index is 10.9. The molecule has 4 nitrogen and oxygen atoms in total. The van der Waals surface area contributed by atoms with E-state index in [0.717, 1.165) is 14.2 Å². The number of hydrogen-bond donors (Lipinski definition) is 2. The molecule has 0 saturated heterocycles. The number of thiol groups is 2. The third kappa shape index (κ3) is 6.79. The van der Waals surface area contributed by atoms with Crippen LogP contribution >= 0.6 is 25.3 Å². The second kappa shape index (κ2) is 10.9. The number of carbonyl (C=O) groups excluding carboxylic acids is 2. The first-order chi connectivity index (χ1) is 5.54. The van der Waals surface area contributed by atoms with E-state index in [4.69, 9.17) is 0 Å². The summed E-state index contributed by atoms with van der Waals surface area (Å²) in [4.78, 5) is 21.8. The van der Waals surface area contributed by atoms with E-state index in [9.17, 15) is 9.59 Å². The van der Waals surface area contributed by atoms with Gasteiger partial charge in [-0.15, -0.1) is 25.3 Å². The number of esters is 2. The quantitative estimate of drug-likeness (QED) is 0.168. The Hall–Kier alpha value is 1.38. The summed E-state index contributed by atoms with van der Waals surface area (Å²) in [5.74, 6) is -1.64. The zero-order valence-electron chi connectivity index (χ0n) is 6.53. The molecule has 0 aliphatic carbocycles. The Morgan fingerprint density at radius 1 is 0.929 bits per heavy atom. The zero-order chi connectivity index (χ0) is 9.72. The monoisotopic (exact) mass is 256 g/mol. The average molecular weight is 256 g/mol. The van der Waals surface area contributed by atoms with Crippen LogP contribution in [0.3, 0.4) is 0 Å². The first-order valence-electron chi connectivity index (χ1n) is 2.83. The fourth-order valence-electron chi connectivity index (χ4n) is 0.470. The van der Waals surface area contributed by atoms with Gasteiger partial charge in [-0.2, -0.15) is 0 Å². The van der Waals surface area contributed by atoms with E-state index in [-0.39, 0.29) is 68.9 Å². The van der Waals surface area contributed by atoms with Crippen molar-refractivity contribution in [3.8, 4) is 0 Å². The van der Waals surface area contributed by atoms with Crippen LogP contribution in [0, 0.1) is 0 Å². The molecular formula is C6H10Na2O4S2. The Labute approximate surface area is 138 Å². The normalized spacial score (nSPS) is 7.43. The van der Waals surface area contributed by atoms with Crippen LogP contribution in [0.25, 0.3) is 0 Å². The predicted molar refractivity (Wildman–Crippen MR) is 63.3 cm³/mol. The van der Waals surface area contributed by atoms with Gasteiger partial charge < -0.3 is 9.47 Å². The molecule has 0 saturated carbocycles. The van der Waals surface area contributed by atoms with Crippen LogP contribution in [0.1, 0.15) is 0 Å². The van der Waals surface area contributed by atoms with Crippen molar-refractivity contribution in [2.75, 3.05) is 14.2 Å². The minimum atomic E-state index is -0.818. The van der Waals surface area contributed by atoms with Gasteiger partial charge in [0.05, 0.1) is 18.5 Å². The van der Waals surface area contributed by atoms with E-state index in [2.05, 4.69) is 34.7 Å². The van der Waals surface area contributed by atoms with Crippen LogP contribution in [0.2, 0.25) is 0 Å². The summed E-state index contributed by atoms with van der Waals surface area (Å²) in [5, 5.41) is 0. The Kier molecular flexibility index (Phi) is 16.1. The van der Waals surface area contributed by atoms with Crippen molar-refractivity contribution < 1.29 is 19.1 Å². The van der Waals surface area contributed by atoms with Gasteiger partial charge in [0, 0.05) is 0 Å². The standard InChI is InChI=1S/C6H8O4S2.2Na.2H/c1-9-4(7)3(6(11)12)5(8)10-2;;;;/h11-12H,1-2H3;;;;. The first kappa shape index (κ1) is 20.8. The minimum absolute atomic E-state index is 0. The van der Waals surface area contributed by atoms with Crippen molar-refractivity contribution in [3.63, 3.8) is 0 Å². The van der Waals surface area contributed by atoms with Crippen LogP contribution in [-0.2, 0) is 19.1 Å². The summed E-state index contributed by atoms with van der Waals surface area (Å²) in [6.45, 7) is 0. The van der Waals surface area contributed by atoms with E-state index in [0.29, 0.717) is 0 Å². The molecule has 0 aromatic heterocycles. The Morgan fingerprint density at radius 2 is 1.21 bits per heavy atom. The zero-order valence-corrected chi connectivity index (χ0v) is 8.32. The Bertz CT molecular complexity index is 220. The predicted octanol–water partition coefficient (Wildman–Crippen LogP) is -0.893. The Morgan fingerprint density at radius 3 is 1.36 bits per heavy atom. The van der Waals surface area contributed by atoms with Crippen molar-refractivity contribution in [2.24, 2.45) is 0 Å². The number of methoxy groups -OCH3 is 2. The molecule has 0 fully saturated rings. The van der Waals surface area contributed by atoms with Gasteiger partial charge in [0.15, 0.2) is 5.57 Å². The molecule has 0 amide bonds. The van der Waals surface area contributed by atoms with Crippen molar-refractivity contribution in [1.82, 2.24) is 0 Å². The third-order valence-electron chi connectivity index (χ3n) is 1.00. The SMILES string of the molecule is COC(=O)C(C(=O)OC)=C(S)S.[NaH].[NaH]. The van der Waals surface area contributed by atoms with E-state index >= 15 is 0 Å². The third-order valence-corrected chi connectivity index (χ3v) is 1.45. The van der Waals surface area contributed by atoms with Crippen LogP contribution in [0.4, 0.5) is 0 Å². The molecule has 0 unspecified atom stereocenters. The summed E-state index contributed by atoms with van der Waals surface area (Å²) in [7, 11) is 2.30. The fraction of sp³-hybridized carbons (Fsp3) is 0.333. The van der Waals surface area contributed by atoms with Crippen LogP contribution in [0.5, 0.6) is 0 Å².